The fourth-order valence-electron chi connectivity index (χ4n) is 10.7. The number of amides is 3. The van der Waals surface area contributed by atoms with E-state index in [1.54, 1.807) is 59.8 Å². The summed E-state index contributed by atoms with van der Waals surface area (Å²) < 4.78 is 33.3. The van der Waals surface area contributed by atoms with Crippen LogP contribution in [0.15, 0.2) is 122 Å². The van der Waals surface area contributed by atoms with Crippen LogP contribution in [-0.2, 0) is 53.1 Å². The molecule has 1 N–H and O–H groups in total. The molecule has 4 aliphatic rings. The van der Waals surface area contributed by atoms with Crippen molar-refractivity contribution in [2.24, 2.45) is 11.8 Å². The van der Waals surface area contributed by atoms with Gasteiger partial charge in [-0.3, -0.25) is 28.9 Å². The molecule has 382 valence electrons. The fraction of sp³-hybridized carbons (Fsp3) is 0.345. The molecule has 4 aromatic carbocycles. The SMILES string of the molecule is COCCOC(=O)N1C(=O)[C@@]2(c3cc(C#CCC(C(=O)OC)C(=O)OC)ccc31)[C@H](C(=O)N1CCN(c3ncccn3)CC1)[C@H]1C(=O)O[C@H](c3ccccc3)[C@H](c3ccccc3)N1[C@@H]2c1cccc(OCCO)c1. The van der Waals surface area contributed by atoms with Gasteiger partial charge in [-0.1, -0.05) is 84.6 Å². The summed E-state index contributed by atoms with van der Waals surface area (Å²) in [5.41, 5.74) is 0.114. The average molecular weight is 1010 g/mol. The Bertz CT molecular complexity index is 2930. The second kappa shape index (κ2) is 22.3. The number of cyclic esters (lactones) is 1. The molecule has 19 nitrogen and oxygen atoms in total. The third-order valence-electron chi connectivity index (χ3n) is 13.9. The molecular formula is C55H54N6O13. The summed E-state index contributed by atoms with van der Waals surface area (Å²) in [5.74, 6) is -0.154. The first-order valence-electron chi connectivity index (χ1n) is 24.1. The Morgan fingerprint density at radius 1 is 0.770 bits per heavy atom. The molecule has 3 fully saturated rings. The van der Waals surface area contributed by atoms with Crippen molar-refractivity contribution in [1.29, 1.82) is 0 Å². The summed E-state index contributed by atoms with van der Waals surface area (Å²) >= 11 is 0. The third kappa shape index (κ3) is 9.38. The molecule has 5 aromatic rings. The van der Waals surface area contributed by atoms with E-state index >= 15 is 14.4 Å². The third-order valence-corrected chi connectivity index (χ3v) is 13.9. The minimum absolute atomic E-state index is 0.00410. The van der Waals surface area contributed by atoms with Crippen molar-refractivity contribution in [3.8, 4) is 17.6 Å². The maximum atomic E-state index is 16.6. The van der Waals surface area contributed by atoms with Gasteiger partial charge in [-0.05, 0) is 58.7 Å². The van der Waals surface area contributed by atoms with Crippen LogP contribution in [0, 0.1) is 23.7 Å². The highest BCUT2D eigenvalue weighted by atomic mass is 16.6. The van der Waals surface area contributed by atoms with Gasteiger partial charge in [0.2, 0.25) is 17.8 Å². The summed E-state index contributed by atoms with van der Waals surface area (Å²) in [5, 5.41) is 9.86. The van der Waals surface area contributed by atoms with Gasteiger partial charge in [0, 0.05) is 57.7 Å². The van der Waals surface area contributed by atoms with Crippen LogP contribution < -0.4 is 14.5 Å². The molecule has 0 aliphatic carbocycles. The van der Waals surface area contributed by atoms with E-state index in [1.165, 1.54) is 13.2 Å². The van der Waals surface area contributed by atoms with Crippen molar-refractivity contribution >= 4 is 47.5 Å². The standard InChI is InChI=1S/C55H54N6O13/c1-69-31-32-73-54(68)60-42-22-21-35(13-10-20-40(49(64)70-2)50(65)71-3)33-41(42)55(52(60)67)43(48(63)58-25-27-59(28-26-58)53-56-23-12-24-57-53)45-51(66)74-46(37-16-8-5-9-17-37)44(36-14-6-4-7-15-36)61(45)47(55)38-18-11-19-39(34-38)72-30-29-62/h4-9,11-12,14-19,21-24,33-34,40,43-47,62H,20,25-32H2,1-3H3/t43-,44-,45-,46+,47+,55-/m0/s1. The van der Waals surface area contributed by atoms with Crippen molar-refractivity contribution in [3.63, 3.8) is 0 Å². The van der Waals surface area contributed by atoms with Gasteiger partial charge >= 0.3 is 24.0 Å². The van der Waals surface area contributed by atoms with Crippen LogP contribution in [0.25, 0.3) is 0 Å². The molecule has 19 heteroatoms. The number of aromatic nitrogens is 2. The van der Waals surface area contributed by atoms with Crippen molar-refractivity contribution in [2.45, 2.75) is 36.1 Å². The van der Waals surface area contributed by atoms with Crippen LogP contribution in [-0.4, -0.2) is 141 Å². The molecule has 3 saturated heterocycles. The summed E-state index contributed by atoms with van der Waals surface area (Å²) in [7, 11) is 3.72. The normalized spacial score (nSPS) is 22.1. The number of rotatable bonds is 14. The number of anilines is 2. The maximum Gasteiger partial charge on any atom is 0.421 e. The Morgan fingerprint density at radius 3 is 2.11 bits per heavy atom. The van der Waals surface area contributed by atoms with Crippen molar-refractivity contribution in [1.82, 2.24) is 19.8 Å². The predicted octanol–water partition coefficient (Wildman–Crippen LogP) is 4.35. The zero-order valence-corrected chi connectivity index (χ0v) is 40.9. The van der Waals surface area contributed by atoms with Crippen LogP contribution in [0.5, 0.6) is 5.75 Å². The summed E-state index contributed by atoms with van der Waals surface area (Å²) in [6.07, 6.45) is 0.917. The number of morpholine rings is 1. The molecule has 6 atom stereocenters. The number of aliphatic hydroxyl groups is 1. The lowest BCUT2D eigenvalue weighted by molar-refractivity contribution is -0.179. The highest BCUT2D eigenvalue weighted by molar-refractivity contribution is 6.23. The highest BCUT2D eigenvalue weighted by Gasteiger charge is 2.76. The number of esters is 3. The smallest absolute Gasteiger partial charge is 0.421 e. The predicted molar refractivity (Wildman–Crippen MR) is 264 cm³/mol. The number of piperazine rings is 1. The van der Waals surface area contributed by atoms with E-state index in [0.717, 1.165) is 19.1 Å². The van der Waals surface area contributed by atoms with Gasteiger partial charge in [0.15, 0.2) is 5.92 Å². The number of fused-ring (bicyclic) bond motifs is 3. The zero-order chi connectivity index (χ0) is 51.9. The summed E-state index contributed by atoms with van der Waals surface area (Å²) in [6, 6.07) is 28.2. The Kier molecular flexibility index (Phi) is 15.3. The van der Waals surface area contributed by atoms with Gasteiger partial charge in [0.1, 0.15) is 36.5 Å². The molecule has 74 heavy (non-hydrogen) atoms. The lowest BCUT2D eigenvalue weighted by atomic mass is 9.64. The number of imide groups is 1. The highest BCUT2D eigenvalue weighted by Crippen LogP contribution is 2.66. The van der Waals surface area contributed by atoms with E-state index in [-0.39, 0.29) is 62.8 Å². The number of nitrogens with zero attached hydrogens (tertiary/aromatic N) is 6. The Hall–Kier alpha value is -8.18. The number of carbonyl (C=O) groups excluding carboxylic acids is 6. The molecule has 1 aromatic heterocycles. The van der Waals surface area contributed by atoms with Gasteiger partial charge in [-0.2, -0.15) is 0 Å². The topological polar surface area (TPSA) is 217 Å². The van der Waals surface area contributed by atoms with Crippen LogP contribution >= 0.6 is 0 Å². The molecule has 9 rings (SSSR count). The molecule has 0 saturated carbocycles. The van der Waals surface area contributed by atoms with E-state index in [2.05, 4.69) is 21.8 Å². The molecule has 5 heterocycles. The minimum atomic E-state index is -2.16. The van der Waals surface area contributed by atoms with Crippen molar-refractivity contribution < 1.29 is 62.3 Å². The number of hydrogen-bond acceptors (Lipinski definition) is 17. The first-order valence-corrected chi connectivity index (χ1v) is 24.1. The lowest BCUT2D eigenvalue weighted by Gasteiger charge is -2.46. The first-order chi connectivity index (χ1) is 36.1. The first kappa shape index (κ1) is 50.7. The van der Waals surface area contributed by atoms with Crippen LogP contribution in [0.2, 0.25) is 0 Å². The molecule has 4 aliphatic heterocycles. The van der Waals surface area contributed by atoms with E-state index in [0.29, 0.717) is 41.5 Å². The summed E-state index contributed by atoms with van der Waals surface area (Å²) in [4.78, 5) is 104. The zero-order valence-electron chi connectivity index (χ0n) is 40.9. The van der Waals surface area contributed by atoms with Gasteiger partial charge < -0.3 is 43.3 Å². The molecule has 0 unspecified atom stereocenters. The fourth-order valence-corrected chi connectivity index (χ4v) is 10.7. The quantitative estimate of drug-likeness (QED) is 0.0538. The van der Waals surface area contributed by atoms with Gasteiger partial charge in [0.05, 0.1) is 51.1 Å². The number of aliphatic hydroxyl groups excluding tert-OH is 1. The minimum Gasteiger partial charge on any atom is -0.491 e. The number of methoxy groups -OCH3 is 3. The maximum absolute atomic E-state index is 16.6. The number of ether oxygens (including phenoxy) is 6. The van der Waals surface area contributed by atoms with Gasteiger partial charge in [-0.25, -0.2) is 19.7 Å². The summed E-state index contributed by atoms with van der Waals surface area (Å²) in [6.45, 7) is 0.314. The Labute approximate surface area is 426 Å². The average Bonchev–Trinajstić information content (AvgIpc) is 3.96. The van der Waals surface area contributed by atoms with Crippen LogP contribution in [0.3, 0.4) is 0 Å². The number of benzene rings is 4. The molecule has 1 spiro atoms. The Morgan fingerprint density at radius 2 is 1.45 bits per heavy atom. The second-order valence-corrected chi connectivity index (χ2v) is 17.9. The van der Waals surface area contributed by atoms with E-state index in [9.17, 15) is 19.5 Å². The monoisotopic (exact) mass is 1010 g/mol. The van der Waals surface area contributed by atoms with Crippen LogP contribution in [0.4, 0.5) is 16.4 Å². The van der Waals surface area contributed by atoms with Gasteiger partial charge in [0.25, 0.3) is 0 Å². The van der Waals surface area contributed by atoms with E-state index < -0.39 is 77.3 Å². The lowest BCUT2D eigenvalue weighted by Crippen LogP contribution is -2.59. The molecule has 0 bridgehead atoms. The second-order valence-electron chi connectivity index (χ2n) is 17.9. The van der Waals surface area contributed by atoms with Crippen molar-refractivity contribution in [2.75, 3.05) is 83.7 Å². The van der Waals surface area contributed by atoms with Crippen LogP contribution in [0.1, 0.15) is 52.4 Å². The molecule has 3 amide bonds. The molecule has 0 radical (unpaired) electrons. The molecular weight excluding hydrogens is 953 g/mol. The number of carbonyl (C=O) groups is 6. The van der Waals surface area contributed by atoms with E-state index in [4.69, 9.17) is 28.4 Å². The Balaban J connectivity index is 1.32. The number of hydrogen-bond donors (Lipinski definition) is 1. The van der Waals surface area contributed by atoms with Crippen molar-refractivity contribution in [3.05, 3.63) is 149 Å². The van der Waals surface area contributed by atoms with E-state index in [1.807, 2.05) is 70.5 Å². The largest absolute Gasteiger partial charge is 0.491 e. The van der Waals surface area contributed by atoms with Gasteiger partial charge in [-0.15, -0.1) is 0 Å².